The smallest absolute Gasteiger partial charge is 0.322 e. The van der Waals surface area contributed by atoms with Gasteiger partial charge in [0.15, 0.2) is 23.0 Å². The van der Waals surface area contributed by atoms with Crippen molar-refractivity contribution in [2.75, 3.05) is 31.9 Å². The van der Waals surface area contributed by atoms with E-state index in [-0.39, 0.29) is 18.9 Å². The lowest BCUT2D eigenvalue weighted by molar-refractivity contribution is 0.170. The van der Waals surface area contributed by atoms with Crippen LogP contribution in [0.15, 0.2) is 36.4 Å². The lowest BCUT2D eigenvalue weighted by atomic mass is 10.0. The van der Waals surface area contributed by atoms with Crippen LogP contribution >= 0.6 is 0 Å². The van der Waals surface area contributed by atoms with Crippen LogP contribution in [0.1, 0.15) is 24.4 Å². The number of ether oxygens (including phenoxy) is 4. The third-order valence-corrected chi connectivity index (χ3v) is 5.09. The van der Waals surface area contributed by atoms with Gasteiger partial charge in [0.05, 0.1) is 6.04 Å². The van der Waals surface area contributed by atoms with Gasteiger partial charge < -0.3 is 29.2 Å². The molecule has 2 amide bonds. The standard InChI is InChI=1S/C20H20N2O5/c23-20(21-14-4-6-17-19(11-14)27-12-26-17)22-7-1-2-15(22)13-3-5-16-18(10-13)25-9-8-24-16/h3-6,10-11,15H,1-2,7-9,12H2,(H,21,23). The third-order valence-electron chi connectivity index (χ3n) is 5.09. The molecule has 0 aliphatic carbocycles. The lowest BCUT2D eigenvalue weighted by Gasteiger charge is -2.27. The Hall–Kier alpha value is -3.09. The highest BCUT2D eigenvalue weighted by Gasteiger charge is 2.31. The number of anilines is 1. The van der Waals surface area contributed by atoms with Gasteiger partial charge in [0.2, 0.25) is 6.79 Å². The molecule has 1 fully saturated rings. The monoisotopic (exact) mass is 368 g/mol. The molecule has 3 heterocycles. The van der Waals surface area contributed by atoms with Crippen LogP contribution in [0.3, 0.4) is 0 Å². The van der Waals surface area contributed by atoms with Crippen LogP contribution in [0, 0.1) is 0 Å². The maximum Gasteiger partial charge on any atom is 0.322 e. The molecule has 0 aromatic heterocycles. The summed E-state index contributed by atoms with van der Waals surface area (Å²) in [5.41, 5.74) is 1.76. The zero-order valence-corrected chi connectivity index (χ0v) is 14.8. The molecule has 0 radical (unpaired) electrons. The summed E-state index contributed by atoms with van der Waals surface area (Å²) in [6, 6.07) is 11.3. The normalized spacial score (nSPS) is 19.9. The molecule has 1 atom stereocenters. The van der Waals surface area contributed by atoms with Crippen molar-refractivity contribution in [1.82, 2.24) is 4.90 Å². The van der Waals surface area contributed by atoms with E-state index in [9.17, 15) is 4.79 Å². The van der Waals surface area contributed by atoms with Crippen LogP contribution in [0.25, 0.3) is 0 Å². The molecule has 0 saturated carbocycles. The van der Waals surface area contributed by atoms with Crippen molar-refractivity contribution >= 4 is 11.7 Å². The molecule has 140 valence electrons. The lowest BCUT2D eigenvalue weighted by Crippen LogP contribution is -2.34. The van der Waals surface area contributed by atoms with Gasteiger partial charge in [-0.05, 0) is 42.7 Å². The van der Waals surface area contributed by atoms with Crippen LogP contribution in [0.4, 0.5) is 10.5 Å². The highest BCUT2D eigenvalue weighted by Crippen LogP contribution is 2.39. The van der Waals surface area contributed by atoms with Gasteiger partial charge in [0.25, 0.3) is 0 Å². The fourth-order valence-corrected chi connectivity index (χ4v) is 3.79. The van der Waals surface area contributed by atoms with Crippen LogP contribution < -0.4 is 24.3 Å². The molecule has 1 saturated heterocycles. The Morgan fingerprint density at radius 3 is 2.59 bits per heavy atom. The van der Waals surface area contributed by atoms with E-state index in [2.05, 4.69) is 5.32 Å². The average molecular weight is 368 g/mol. The van der Waals surface area contributed by atoms with Gasteiger partial charge in [0.1, 0.15) is 13.2 Å². The first-order valence-corrected chi connectivity index (χ1v) is 9.15. The molecular formula is C20H20N2O5. The van der Waals surface area contributed by atoms with Gasteiger partial charge in [-0.2, -0.15) is 0 Å². The first-order valence-electron chi connectivity index (χ1n) is 9.15. The summed E-state index contributed by atoms with van der Waals surface area (Å²) in [5, 5.41) is 2.97. The molecule has 1 unspecified atom stereocenters. The fourth-order valence-electron chi connectivity index (χ4n) is 3.79. The summed E-state index contributed by atoms with van der Waals surface area (Å²) < 4.78 is 22.0. The SMILES string of the molecule is O=C(Nc1ccc2c(c1)OCO2)N1CCCC1c1ccc2c(c1)OCCO2. The molecule has 3 aliphatic rings. The number of rotatable bonds is 2. The van der Waals surface area contributed by atoms with Crippen molar-refractivity contribution < 1.29 is 23.7 Å². The summed E-state index contributed by atoms with van der Waals surface area (Å²) in [6.45, 7) is 2.05. The highest BCUT2D eigenvalue weighted by molar-refractivity contribution is 5.90. The number of benzene rings is 2. The molecular weight excluding hydrogens is 348 g/mol. The Kier molecular flexibility index (Phi) is 3.92. The Bertz CT molecular complexity index is 885. The van der Waals surface area contributed by atoms with Gasteiger partial charge >= 0.3 is 6.03 Å². The van der Waals surface area contributed by atoms with E-state index in [0.717, 1.165) is 36.4 Å². The first-order chi connectivity index (χ1) is 13.3. The van der Waals surface area contributed by atoms with E-state index in [1.165, 1.54) is 0 Å². The zero-order valence-electron chi connectivity index (χ0n) is 14.8. The Morgan fingerprint density at radius 1 is 0.926 bits per heavy atom. The summed E-state index contributed by atoms with van der Waals surface area (Å²) in [6.07, 6.45) is 1.89. The summed E-state index contributed by atoms with van der Waals surface area (Å²) in [7, 11) is 0. The van der Waals surface area contributed by atoms with E-state index < -0.39 is 0 Å². The molecule has 2 aromatic rings. The van der Waals surface area contributed by atoms with Crippen molar-refractivity contribution in [2.45, 2.75) is 18.9 Å². The topological polar surface area (TPSA) is 69.3 Å². The quantitative estimate of drug-likeness (QED) is 0.878. The number of likely N-dealkylation sites (tertiary alicyclic amines) is 1. The largest absolute Gasteiger partial charge is 0.486 e. The molecule has 3 aliphatic heterocycles. The number of amides is 2. The maximum absolute atomic E-state index is 12.9. The number of hydrogen-bond donors (Lipinski definition) is 1. The van der Waals surface area contributed by atoms with E-state index in [1.54, 1.807) is 12.1 Å². The maximum atomic E-state index is 12.9. The van der Waals surface area contributed by atoms with E-state index >= 15 is 0 Å². The van der Waals surface area contributed by atoms with Crippen molar-refractivity contribution in [3.63, 3.8) is 0 Å². The number of urea groups is 1. The van der Waals surface area contributed by atoms with Gasteiger partial charge in [-0.25, -0.2) is 4.79 Å². The molecule has 7 nitrogen and oxygen atoms in total. The van der Waals surface area contributed by atoms with Gasteiger partial charge in [-0.1, -0.05) is 6.07 Å². The first kappa shape index (κ1) is 16.1. The number of nitrogens with zero attached hydrogens (tertiary/aromatic N) is 1. The summed E-state index contributed by atoms with van der Waals surface area (Å²) in [5.74, 6) is 2.86. The number of fused-ring (bicyclic) bond motifs is 2. The van der Waals surface area contributed by atoms with Gasteiger partial charge in [-0.3, -0.25) is 0 Å². The van der Waals surface area contributed by atoms with Crippen molar-refractivity contribution in [3.05, 3.63) is 42.0 Å². The van der Waals surface area contributed by atoms with Crippen LogP contribution in [-0.4, -0.2) is 37.5 Å². The second-order valence-electron chi connectivity index (χ2n) is 6.75. The van der Waals surface area contributed by atoms with Gasteiger partial charge in [-0.15, -0.1) is 0 Å². The Balaban J connectivity index is 1.34. The number of carbonyl (C=O) groups excluding carboxylic acids is 1. The highest BCUT2D eigenvalue weighted by atomic mass is 16.7. The molecule has 0 spiro atoms. The summed E-state index contributed by atoms with van der Waals surface area (Å²) >= 11 is 0. The molecule has 2 aromatic carbocycles. The molecule has 5 rings (SSSR count). The van der Waals surface area contributed by atoms with Crippen LogP contribution in [-0.2, 0) is 0 Å². The predicted octanol–water partition coefficient (Wildman–Crippen LogP) is 3.56. The average Bonchev–Trinajstić information content (AvgIpc) is 3.36. The minimum absolute atomic E-state index is 0.0230. The molecule has 27 heavy (non-hydrogen) atoms. The minimum Gasteiger partial charge on any atom is -0.486 e. The third kappa shape index (κ3) is 2.99. The van der Waals surface area contributed by atoms with Crippen molar-refractivity contribution in [1.29, 1.82) is 0 Å². The van der Waals surface area contributed by atoms with Crippen molar-refractivity contribution in [3.8, 4) is 23.0 Å². The second-order valence-corrected chi connectivity index (χ2v) is 6.75. The number of carbonyl (C=O) groups is 1. The predicted molar refractivity (Wildman–Crippen MR) is 97.7 cm³/mol. The Labute approximate surface area is 156 Å². The minimum atomic E-state index is -0.119. The summed E-state index contributed by atoms with van der Waals surface area (Å²) in [4.78, 5) is 14.7. The van der Waals surface area contributed by atoms with Crippen LogP contribution in [0.5, 0.6) is 23.0 Å². The zero-order chi connectivity index (χ0) is 18.2. The number of nitrogens with one attached hydrogen (secondary N) is 1. The van der Waals surface area contributed by atoms with E-state index in [4.69, 9.17) is 18.9 Å². The van der Waals surface area contributed by atoms with Crippen LogP contribution in [0.2, 0.25) is 0 Å². The second kappa shape index (κ2) is 6.57. The van der Waals surface area contributed by atoms with E-state index in [0.29, 0.717) is 30.4 Å². The number of hydrogen-bond acceptors (Lipinski definition) is 5. The fraction of sp³-hybridized carbons (Fsp3) is 0.350. The van der Waals surface area contributed by atoms with E-state index in [1.807, 2.05) is 29.2 Å². The van der Waals surface area contributed by atoms with Crippen molar-refractivity contribution in [2.24, 2.45) is 0 Å². The van der Waals surface area contributed by atoms with Gasteiger partial charge in [0, 0.05) is 18.3 Å². The molecule has 0 bridgehead atoms. The molecule has 1 N–H and O–H groups in total. The molecule has 7 heteroatoms. The Morgan fingerprint density at radius 2 is 1.67 bits per heavy atom.